The third kappa shape index (κ3) is 1.83. The number of fused-ring (bicyclic) bond motifs is 1. The fourth-order valence-electron chi connectivity index (χ4n) is 0.877. The van der Waals surface area contributed by atoms with E-state index >= 15 is 0 Å². The van der Waals surface area contributed by atoms with Crippen LogP contribution in [0.1, 0.15) is 25.2 Å². The van der Waals surface area contributed by atoms with Gasteiger partial charge < -0.3 is 4.52 Å². The minimum atomic E-state index is 0.508. The molecule has 0 saturated carbocycles. The normalized spacial score (nSPS) is 9.54. The molecule has 0 unspecified atom stereocenters. The van der Waals surface area contributed by atoms with Gasteiger partial charge >= 0.3 is 0 Å². The molecule has 2 rings (SSSR count). The molecule has 2 aromatic rings. The Morgan fingerprint density at radius 2 is 1.69 bits per heavy atom. The van der Waals surface area contributed by atoms with Crippen LogP contribution in [0.25, 0.3) is 11.2 Å². The molecule has 70 valence electrons. The predicted octanol–water partition coefficient (Wildman–Crippen LogP) is 2.26. The molecule has 0 radical (unpaired) electrons. The highest BCUT2D eigenvalue weighted by Crippen LogP contribution is 2.09. The molecule has 0 aromatic carbocycles. The van der Waals surface area contributed by atoms with E-state index < -0.39 is 0 Å². The highest BCUT2D eigenvalue weighted by molar-refractivity contribution is 5.66. The molecule has 0 aliphatic heterocycles. The third-order valence-electron chi connectivity index (χ3n) is 1.61. The standard InChI is InChI=1S/C7H7N3O.C2H6/c1-4-5(2)10-7-6(9-4)3-8-11-7;1-2/h3H,1-2H3;1-2H3. The summed E-state index contributed by atoms with van der Waals surface area (Å²) in [5.41, 5.74) is 3.02. The molecule has 0 amide bonds. The van der Waals surface area contributed by atoms with Crippen molar-refractivity contribution in [3.05, 3.63) is 17.6 Å². The summed E-state index contributed by atoms with van der Waals surface area (Å²) in [5.74, 6) is 0. The van der Waals surface area contributed by atoms with Crippen LogP contribution in [0.2, 0.25) is 0 Å². The first-order chi connectivity index (χ1) is 6.27. The van der Waals surface area contributed by atoms with Crippen LogP contribution in [0.5, 0.6) is 0 Å². The highest BCUT2D eigenvalue weighted by Gasteiger charge is 2.03. The van der Waals surface area contributed by atoms with Gasteiger partial charge in [0, 0.05) is 0 Å². The second-order valence-corrected chi connectivity index (χ2v) is 2.41. The second kappa shape index (κ2) is 3.98. The zero-order valence-corrected chi connectivity index (χ0v) is 8.33. The van der Waals surface area contributed by atoms with E-state index in [1.807, 2.05) is 27.7 Å². The fraction of sp³-hybridized carbons (Fsp3) is 0.444. The summed E-state index contributed by atoms with van der Waals surface area (Å²) >= 11 is 0. The maximum absolute atomic E-state index is 4.83. The molecule has 2 heterocycles. The highest BCUT2D eigenvalue weighted by atomic mass is 16.5. The zero-order valence-electron chi connectivity index (χ0n) is 8.33. The quantitative estimate of drug-likeness (QED) is 0.622. The Morgan fingerprint density at radius 1 is 1.08 bits per heavy atom. The Balaban J connectivity index is 0.000000396. The van der Waals surface area contributed by atoms with Crippen molar-refractivity contribution in [3.8, 4) is 0 Å². The van der Waals surface area contributed by atoms with Gasteiger partial charge in [0.15, 0.2) is 5.52 Å². The van der Waals surface area contributed by atoms with E-state index in [1.165, 1.54) is 0 Å². The second-order valence-electron chi connectivity index (χ2n) is 2.41. The maximum Gasteiger partial charge on any atom is 0.276 e. The van der Waals surface area contributed by atoms with Gasteiger partial charge in [-0.2, -0.15) is 0 Å². The van der Waals surface area contributed by atoms with E-state index in [4.69, 9.17) is 4.52 Å². The number of rotatable bonds is 0. The molecule has 2 aromatic heterocycles. The van der Waals surface area contributed by atoms with Crippen LogP contribution >= 0.6 is 0 Å². The lowest BCUT2D eigenvalue weighted by atomic mass is 10.3. The smallest absolute Gasteiger partial charge is 0.276 e. The lowest BCUT2D eigenvalue weighted by Gasteiger charge is -1.94. The molecule has 0 N–H and O–H groups in total. The average molecular weight is 179 g/mol. The van der Waals surface area contributed by atoms with Crippen molar-refractivity contribution in [2.75, 3.05) is 0 Å². The van der Waals surface area contributed by atoms with Gasteiger partial charge in [-0.1, -0.05) is 19.0 Å². The Kier molecular flexibility index (Phi) is 2.95. The minimum absolute atomic E-state index is 0.508. The van der Waals surface area contributed by atoms with Crippen molar-refractivity contribution < 1.29 is 4.52 Å². The van der Waals surface area contributed by atoms with E-state index in [2.05, 4.69) is 15.1 Å². The first-order valence-corrected chi connectivity index (χ1v) is 4.33. The van der Waals surface area contributed by atoms with Crippen LogP contribution in [0, 0.1) is 13.8 Å². The number of nitrogens with zero attached hydrogens (tertiary/aromatic N) is 3. The molecule has 4 heteroatoms. The number of hydrogen-bond donors (Lipinski definition) is 0. The van der Waals surface area contributed by atoms with Gasteiger partial charge in [-0.15, -0.1) is 0 Å². The molecule has 0 saturated heterocycles. The molecule has 0 fully saturated rings. The topological polar surface area (TPSA) is 51.8 Å². The van der Waals surface area contributed by atoms with E-state index in [-0.39, 0.29) is 0 Å². The third-order valence-corrected chi connectivity index (χ3v) is 1.61. The first-order valence-electron chi connectivity index (χ1n) is 4.33. The van der Waals surface area contributed by atoms with Crippen LogP contribution in [0.15, 0.2) is 10.7 Å². The molecule has 0 spiro atoms. The van der Waals surface area contributed by atoms with Crippen LogP contribution in [0.4, 0.5) is 0 Å². The maximum atomic E-state index is 4.83. The summed E-state index contributed by atoms with van der Waals surface area (Å²) in [4.78, 5) is 8.36. The molecule has 0 atom stereocenters. The predicted molar refractivity (Wildman–Crippen MR) is 50.4 cm³/mol. The van der Waals surface area contributed by atoms with E-state index in [0.29, 0.717) is 11.2 Å². The number of hydrogen-bond acceptors (Lipinski definition) is 4. The Morgan fingerprint density at radius 3 is 2.38 bits per heavy atom. The van der Waals surface area contributed by atoms with Crippen molar-refractivity contribution in [1.29, 1.82) is 0 Å². The van der Waals surface area contributed by atoms with Gasteiger partial charge in [0.1, 0.15) is 0 Å². The van der Waals surface area contributed by atoms with Crippen LogP contribution in [-0.2, 0) is 0 Å². The summed E-state index contributed by atoms with van der Waals surface area (Å²) < 4.78 is 4.83. The summed E-state index contributed by atoms with van der Waals surface area (Å²) in [6.45, 7) is 7.80. The fourth-order valence-corrected chi connectivity index (χ4v) is 0.877. The van der Waals surface area contributed by atoms with Gasteiger partial charge in [0.25, 0.3) is 5.71 Å². The molecular weight excluding hydrogens is 166 g/mol. The summed E-state index contributed by atoms with van der Waals surface area (Å²) in [7, 11) is 0. The van der Waals surface area contributed by atoms with Crippen LogP contribution in [0.3, 0.4) is 0 Å². The molecule has 0 bridgehead atoms. The van der Waals surface area contributed by atoms with Crippen molar-refractivity contribution in [2.45, 2.75) is 27.7 Å². The van der Waals surface area contributed by atoms with Gasteiger partial charge in [-0.3, -0.25) is 0 Å². The van der Waals surface area contributed by atoms with E-state index in [1.54, 1.807) is 6.20 Å². The van der Waals surface area contributed by atoms with E-state index in [0.717, 1.165) is 11.4 Å². The Labute approximate surface area is 77.0 Å². The van der Waals surface area contributed by atoms with Crippen LogP contribution in [-0.4, -0.2) is 15.1 Å². The van der Waals surface area contributed by atoms with E-state index in [9.17, 15) is 0 Å². The van der Waals surface area contributed by atoms with Gasteiger partial charge in [0.2, 0.25) is 0 Å². The van der Waals surface area contributed by atoms with Crippen molar-refractivity contribution >= 4 is 11.2 Å². The first kappa shape index (κ1) is 9.64. The average Bonchev–Trinajstić information content (AvgIpc) is 2.56. The van der Waals surface area contributed by atoms with Crippen molar-refractivity contribution in [3.63, 3.8) is 0 Å². The van der Waals surface area contributed by atoms with Gasteiger partial charge in [-0.05, 0) is 13.8 Å². The summed E-state index contributed by atoms with van der Waals surface area (Å²) in [5, 5.41) is 3.58. The number of aryl methyl sites for hydroxylation is 2. The largest absolute Gasteiger partial charge is 0.334 e. The molecule has 0 aliphatic carbocycles. The minimum Gasteiger partial charge on any atom is -0.334 e. The molecule has 0 aliphatic rings. The zero-order chi connectivity index (χ0) is 9.84. The SMILES string of the molecule is CC.Cc1nc2cnoc2nc1C. The molecule has 13 heavy (non-hydrogen) atoms. The van der Waals surface area contributed by atoms with Crippen molar-refractivity contribution in [1.82, 2.24) is 15.1 Å². The molecule has 4 nitrogen and oxygen atoms in total. The molecular formula is C9H13N3O. The van der Waals surface area contributed by atoms with Gasteiger partial charge in [-0.25, -0.2) is 9.97 Å². The van der Waals surface area contributed by atoms with Crippen LogP contribution < -0.4 is 0 Å². The summed E-state index contributed by atoms with van der Waals surface area (Å²) in [6.07, 6.45) is 1.56. The van der Waals surface area contributed by atoms with Crippen molar-refractivity contribution in [2.24, 2.45) is 0 Å². The number of aromatic nitrogens is 3. The Hall–Kier alpha value is -1.45. The lowest BCUT2D eigenvalue weighted by Crippen LogP contribution is -1.90. The monoisotopic (exact) mass is 179 g/mol. The van der Waals surface area contributed by atoms with Gasteiger partial charge in [0.05, 0.1) is 17.6 Å². The Bertz CT molecular complexity index is 359. The summed E-state index contributed by atoms with van der Waals surface area (Å²) in [6, 6.07) is 0. The lowest BCUT2D eigenvalue weighted by molar-refractivity contribution is 0.448.